The van der Waals surface area contributed by atoms with Crippen LogP contribution in [-0.4, -0.2) is 24.2 Å². The topological polar surface area (TPSA) is 67.4 Å². The highest BCUT2D eigenvalue weighted by atomic mass is 32.2. The zero-order valence-corrected chi connectivity index (χ0v) is 16.4. The third-order valence-electron chi connectivity index (χ3n) is 4.54. The largest absolute Gasteiger partial charge is 0.483 e. The minimum atomic E-state index is -0.395. The number of ether oxygens (including phenoxy) is 1. The van der Waals surface area contributed by atoms with Gasteiger partial charge >= 0.3 is 0 Å². The summed E-state index contributed by atoms with van der Waals surface area (Å²) in [6.45, 7) is 3.71. The molecule has 2 aromatic rings. The first-order valence-corrected chi connectivity index (χ1v) is 10.0. The van der Waals surface area contributed by atoms with E-state index < -0.39 is 5.91 Å². The molecule has 0 atom stereocenters. The van der Waals surface area contributed by atoms with E-state index in [1.54, 1.807) is 0 Å². The Labute approximate surface area is 163 Å². The van der Waals surface area contributed by atoms with Crippen LogP contribution in [0, 0.1) is 13.8 Å². The Balaban J connectivity index is 1.39. The van der Waals surface area contributed by atoms with Crippen LogP contribution in [0.25, 0.3) is 0 Å². The minimum absolute atomic E-state index is 0.149. The molecule has 0 unspecified atom stereocenters. The Hall–Kier alpha value is -2.47. The van der Waals surface area contributed by atoms with Gasteiger partial charge in [0.2, 0.25) is 5.91 Å². The van der Waals surface area contributed by atoms with E-state index in [0.717, 1.165) is 28.9 Å². The number of nitrogens with one attached hydrogen (secondary N) is 2. The lowest BCUT2D eigenvalue weighted by molar-refractivity contribution is -0.128. The fraction of sp³-hybridized carbons (Fsp3) is 0.333. The van der Waals surface area contributed by atoms with E-state index in [2.05, 4.69) is 29.1 Å². The van der Waals surface area contributed by atoms with Gasteiger partial charge in [-0.05, 0) is 67.5 Å². The second-order valence-electron chi connectivity index (χ2n) is 6.68. The molecular formula is C21H24N2O3S. The highest BCUT2D eigenvalue weighted by molar-refractivity contribution is 8.00. The van der Waals surface area contributed by atoms with Crippen LogP contribution in [0.15, 0.2) is 41.3 Å². The highest BCUT2D eigenvalue weighted by Crippen LogP contribution is 2.27. The second-order valence-corrected chi connectivity index (χ2v) is 7.73. The van der Waals surface area contributed by atoms with Crippen molar-refractivity contribution in [3.8, 4) is 5.75 Å². The number of carbonyl (C=O) groups excluding carboxylic acids is 2. The van der Waals surface area contributed by atoms with Crippen LogP contribution in [0.2, 0.25) is 0 Å². The van der Waals surface area contributed by atoms with Gasteiger partial charge in [0, 0.05) is 4.90 Å². The van der Waals surface area contributed by atoms with Gasteiger partial charge in [0.15, 0.2) is 6.61 Å². The highest BCUT2D eigenvalue weighted by Gasteiger charge is 2.12. The third-order valence-corrected chi connectivity index (χ3v) is 5.53. The lowest BCUT2D eigenvalue weighted by Gasteiger charge is -2.12. The third kappa shape index (κ3) is 5.26. The van der Waals surface area contributed by atoms with Gasteiger partial charge in [-0.15, -0.1) is 11.8 Å². The Morgan fingerprint density at radius 3 is 2.48 bits per heavy atom. The summed E-state index contributed by atoms with van der Waals surface area (Å²) in [7, 11) is 0. The van der Waals surface area contributed by atoms with Crippen LogP contribution in [0.3, 0.4) is 0 Å². The number of para-hydroxylation sites is 1. The van der Waals surface area contributed by atoms with Crippen molar-refractivity contribution in [3.05, 3.63) is 58.7 Å². The Bertz CT molecular complexity index is 831. The number of amides is 2. The van der Waals surface area contributed by atoms with E-state index in [9.17, 15) is 9.59 Å². The number of hydrogen-bond donors (Lipinski definition) is 2. The Morgan fingerprint density at radius 2 is 1.70 bits per heavy atom. The van der Waals surface area contributed by atoms with Gasteiger partial charge in [-0.1, -0.05) is 24.3 Å². The number of rotatable bonds is 6. The summed E-state index contributed by atoms with van der Waals surface area (Å²) < 4.78 is 5.57. The minimum Gasteiger partial charge on any atom is -0.483 e. The zero-order chi connectivity index (χ0) is 19.2. The zero-order valence-electron chi connectivity index (χ0n) is 15.6. The number of hydrazine groups is 1. The molecule has 3 rings (SSSR count). The molecule has 0 saturated carbocycles. The number of hydrogen-bond acceptors (Lipinski definition) is 4. The van der Waals surface area contributed by atoms with Crippen molar-refractivity contribution in [2.24, 2.45) is 0 Å². The molecule has 0 heterocycles. The van der Waals surface area contributed by atoms with Crippen LogP contribution >= 0.6 is 11.8 Å². The lowest BCUT2D eigenvalue weighted by atomic mass is 10.1. The van der Waals surface area contributed by atoms with Gasteiger partial charge < -0.3 is 4.74 Å². The molecule has 0 spiro atoms. The number of carbonyl (C=O) groups is 2. The van der Waals surface area contributed by atoms with Crippen molar-refractivity contribution in [3.63, 3.8) is 0 Å². The smallest absolute Gasteiger partial charge is 0.276 e. The van der Waals surface area contributed by atoms with Crippen molar-refractivity contribution >= 4 is 23.6 Å². The summed E-state index contributed by atoms with van der Waals surface area (Å²) in [5, 5.41) is 0. The van der Waals surface area contributed by atoms with Gasteiger partial charge in [-0.2, -0.15) is 0 Å². The van der Waals surface area contributed by atoms with Gasteiger partial charge in [0.25, 0.3) is 5.91 Å². The van der Waals surface area contributed by atoms with Crippen molar-refractivity contribution in [2.75, 3.05) is 12.4 Å². The van der Waals surface area contributed by atoms with Crippen molar-refractivity contribution in [1.29, 1.82) is 0 Å². The van der Waals surface area contributed by atoms with E-state index in [-0.39, 0.29) is 18.3 Å². The maximum atomic E-state index is 11.9. The predicted octanol–water partition coefficient (Wildman–Crippen LogP) is 3.11. The first-order valence-electron chi connectivity index (χ1n) is 9.04. The summed E-state index contributed by atoms with van der Waals surface area (Å²) in [6.07, 6.45) is 3.48. The molecule has 0 radical (unpaired) electrons. The molecule has 2 aromatic carbocycles. The first-order chi connectivity index (χ1) is 13.0. The SMILES string of the molecule is Cc1cccc(C)c1OCC(=O)NNC(=O)CSc1ccc2c(c1)CCC2. The molecule has 0 aliphatic heterocycles. The number of fused-ring (bicyclic) bond motifs is 1. The van der Waals surface area contributed by atoms with E-state index in [1.165, 1.54) is 29.3 Å². The standard InChI is InChI=1S/C21H24N2O3S/c1-14-5-3-6-15(2)21(14)26-12-19(24)22-23-20(25)13-27-18-10-9-16-7-4-8-17(16)11-18/h3,5-6,9-11H,4,7-8,12-13H2,1-2H3,(H,22,24)(H,23,25). The van der Waals surface area contributed by atoms with Crippen LogP contribution < -0.4 is 15.6 Å². The van der Waals surface area contributed by atoms with Gasteiger partial charge in [0.05, 0.1) is 5.75 Å². The van der Waals surface area contributed by atoms with Gasteiger partial charge in [-0.3, -0.25) is 20.4 Å². The first kappa shape index (κ1) is 19.3. The maximum Gasteiger partial charge on any atom is 0.276 e. The van der Waals surface area contributed by atoms with Crippen LogP contribution in [0.5, 0.6) is 5.75 Å². The quantitative estimate of drug-likeness (QED) is 0.593. The summed E-state index contributed by atoms with van der Waals surface area (Å²) in [5.74, 6) is 0.303. The molecule has 2 N–H and O–H groups in total. The Kier molecular flexibility index (Phi) is 6.40. The molecule has 142 valence electrons. The molecule has 5 nitrogen and oxygen atoms in total. The predicted molar refractivity (Wildman–Crippen MR) is 107 cm³/mol. The monoisotopic (exact) mass is 384 g/mol. The summed E-state index contributed by atoms with van der Waals surface area (Å²) in [6, 6.07) is 12.2. The number of aryl methyl sites for hydroxylation is 4. The maximum absolute atomic E-state index is 11.9. The molecule has 0 bridgehead atoms. The Morgan fingerprint density at radius 1 is 1.00 bits per heavy atom. The molecule has 0 fully saturated rings. The molecule has 0 aromatic heterocycles. The average molecular weight is 385 g/mol. The van der Waals surface area contributed by atoms with E-state index in [4.69, 9.17) is 4.74 Å². The average Bonchev–Trinajstić information content (AvgIpc) is 3.12. The fourth-order valence-electron chi connectivity index (χ4n) is 3.16. The number of benzene rings is 2. The molecule has 2 amide bonds. The molecule has 0 saturated heterocycles. The van der Waals surface area contributed by atoms with Crippen molar-refractivity contribution in [1.82, 2.24) is 10.9 Å². The number of thioether (sulfide) groups is 1. The van der Waals surface area contributed by atoms with Crippen molar-refractivity contribution in [2.45, 2.75) is 38.0 Å². The van der Waals surface area contributed by atoms with E-state index in [1.807, 2.05) is 32.0 Å². The molecular weight excluding hydrogens is 360 g/mol. The lowest BCUT2D eigenvalue weighted by Crippen LogP contribution is -2.44. The fourth-order valence-corrected chi connectivity index (χ4v) is 3.92. The van der Waals surface area contributed by atoms with Gasteiger partial charge in [-0.25, -0.2) is 0 Å². The summed E-state index contributed by atoms with van der Waals surface area (Å²) >= 11 is 1.47. The van der Waals surface area contributed by atoms with E-state index >= 15 is 0 Å². The van der Waals surface area contributed by atoms with E-state index in [0.29, 0.717) is 5.75 Å². The summed E-state index contributed by atoms with van der Waals surface area (Å²) in [4.78, 5) is 24.9. The van der Waals surface area contributed by atoms with Gasteiger partial charge in [0.1, 0.15) is 5.75 Å². The summed E-state index contributed by atoms with van der Waals surface area (Å²) in [5.41, 5.74) is 9.57. The van der Waals surface area contributed by atoms with Crippen molar-refractivity contribution < 1.29 is 14.3 Å². The van der Waals surface area contributed by atoms with Crippen LogP contribution in [-0.2, 0) is 22.4 Å². The second kappa shape index (κ2) is 8.95. The normalized spacial score (nSPS) is 12.4. The molecule has 1 aliphatic carbocycles. The van der Waals surface area contributed by atoms with Crippen LogP contribution in [0.4, 0.5) is 0 Å². The molecule has 6 heteroatoms. The molecule has 27 heavy (non-hydrogen) atoms. The molecule has 1 aliphatic rings. The van der Waals surface area contributed by atoms with Crippen LogP contribution in [0.1, 0.15) is 28.7 Å².